The number of rotatable bonds is 3. The summed E-state index contributed by atoms with van der Waals surface area (Å²) in [7, 11) is 0. The molecule has 1 amide bonds. The van der Waals surface area contributed by atoms with E-state index >= 15 is 0 Å². The first-order chi connectivity index (χ1) is 13.7. The van der Waals surface area contributed by atoms with Crippen LogP contribution in [0.4, 0.5) is 5.69 Å². The number of amides is 1. The van der Waals surface area contributed by atoms with Gasteiger partial charge in [0.05, 0.1) is 12.3 Å². The standard InChI is InChI=1S/C23H25ClN2O2/c24-21-7-5-20(6-8-21)23(27)25-14-11-19(12-15-25)17-18-3-9-22(10-4-18)26-13-1-2-16-28-26/h3-10,17H,1-2,11-16H2. The van der Waals surface area contributed by atoms with Crippen molar-refractivity contribution >= 4 is 29.3 Å². The summed E-state index contributed by atoms with van der Waals surface area (Å²) in [5, 5.41) is 2.64. The molecule has 0 unspecified atom stereocenters. The van der Waals surface area contributed by atoms with Gasteiger partial charge in [0.2, 0.25) is 0 Å². The molecule has 2 saturated heterocycles. The van der Waals surface area contributed by atoms with E-state index in [1.807, 2.05) is 9.96 Å². The lowest BCUT2D eigenvalue weighted by molar-refractivity contribution is 0.0744. The zero-order valence-electron chi connectivity index (χ0n) is 15.9. The number of anilines is 1. The molecule has 2 aliphatic heterocycles. The van der Waals surface area contributed by atoms with Crippen LogP contribution >= 0.6 is 11.6 Å². The van der Waals surface area contributed by atoms with E-state index in [0.717, 1.165) is 51.2 Å². The highest BCUT2D eigenvalue weighted by Gasteiger charge is 2.20. The van der Waals surface area contributed by atoms with Gasteiger partial charge in [-0.25, -0.2) is 0 Å². The number of hydrogen-bond donors (Lipinski definition) is 0. The maximum Gasteiger partial charge on any atom is 0.253 e. The van der Waals surface area contributed by atoms with Gasteiger partial charge in [0.1, 0.15) is 0 Å². The molecule has 0 atom stereocenters. The molecule has 0 aliphatic carbocycles. The van der Waals surface area contributed by atoms with E-state index in [1.54, 1.807) is 24.3 Å². The average molecular weight is 397 g/mol. The Morgan fingerprint density at radius 2 is 1.64 bits per heavy atom. The molecule has 4 nitrogen and oxygen atoms in total. The first kappa shape index (κ1) is 19.0. The van der Waals surface area contributed by atoms with Gasteiger partial charge in [0, 0.05) is 30.2 Å². The summed E-state index contributed by atoms with van der Waals surface area (Å²) in [6.07, 6.45) is 6.40. The Hall–Kier alpha value is -2.30. The fraction of sp³-hybridized carbons (Fsp3) is 0.348. The second-order valence-electron chi connectivity index (χ2n) is 7.34. The Bertz CT molecular complexity index is 830. The number of hydrogen-bond acceptors (Lipinski definition) is 3. The number of likely N-dealkylation sites (tertiary alicyclic amines) is 1. The lowest BCUT2D eigenvalue weighted by Gasteiger charge is -2.29. The van der Waals surface area contributed by atoms with Crippen molar-refractivity contribution in [3.63, 3.8) is 0 Å². The van der Waals surface area contributed by atoms with E-state index in [1.165, 1.54) is 17.6 Å². The van der Waals surface area contributed by atoms with Gasteiger partial charge in [-0.2, -0.15) is 0 Å². The summed E-state index contributed by atoms with van der Waals surface area (Å²) >= 11 is 5.91. The molecule has 4 rings (SSSR count). The quantitative estimate of drug-likeness (QED) is 0.715. The Labute approximate surface area is 171 Å². The van der Waals surface area contributed by atoms with Gasteiger partial charge in [-0.3, -0.25) is 14.7 Å². The second-order valence-corrected chi connectivity index (χ2v) is 7.77. The number of nitrogens with zero attached hydrogens (tertiary/aromatic N) is 2. The van der Waals surface area contributed by atoms with E-state index in [2.05, 4.69) is 30.3 Å². The molecule has 0 spiro atoms. The third kappa shape index (κ3) is 4.57. The summed E-state index contributed by atoms with van der Waals surface area (Å²) in [6.45, 7) is 3.27. The largest absolute Gasteiger partial charge is 0.338 e. The molecule has 28 heavy (non-hydrogen) atoms. The molecule has 0 radical (unpaired) electrons. The minimum Gasteiger partial charge on any atom is -0.338 e. The van der Waals surface area contributed by atoms with Crippen molar-refractivity contribution in [2.75, 3.05) is 31.3 Å². The Kier molecular flexibility index (Phi) is 5.98. The molecular formula is C23H25ClN2O2. The summed E-state index contributed by atoms with van der Waals surface area (Å²) in [5.74, 6) is 0.0848. The molecule has 0 N–H and O–H groups in total. The van der Waals surface area contributed by atoms with Gasteiger partial charge in [0.25, 0.3) is 5.91 Å². The predicted molar refractivity (Wildman–Crippen MR) is 114 cm³/mol. The Morgan fingerprint density at radius 3 is 2.29 bits per heavy atom. The van der Waals surface area contributed by atoms with Crippen molar-refractivity contribution < 1.29 is 9.63 Å². The van der Waals surface area contributed by atoms with Crippen LogP contribution in [0, 0.1) is 0 Å². The van der Waals surface area contributed by atoms with E-state index in [4.69, 9.17) is 16.4 Å². The molecule has 2 aliphatic rings. The minimum absolute atomic E-state index is 0.0848. The van der Waals surface area contributed by atoms with Gasteiger partial charge < -0.3 is 4.90 Å². The first-order valence-corrected chi connectivity index (χ1v) is 10.3. The summed E-state index contributed by atoms with van der Waals surface area (Å²) in [4.78, 5) is 20.2. The van der Waals surface area contributed by atoms with Gasteiger partial charge in [0.15, 0.2) is 0 Å². The van der Waals surface area contributed by atoms with E-state index in [0.29, 0.717) is 10.6 Å². The van der Waals surface area contributed by atoms with Crippen LogP contribution in [-0.4, -0.2) is 37.0 Å². The van der Waals surface area contributed by atoms with Crippen molar-refractivity contribution in [3.8, 4) is 0 Å². The van der Waals surface area contributed by atoms with E-state index in [-0.39, 0.29) is 5.91 Å². The second kappa shape index (κ2) is 8.80. The van der Waals surface area contributed by atoms with Gasteiger partial charge in [-0.15, -0.1) is 0 Å². The molecule has 2 aromatic rings. The van der Waals surface area contributed by atoms with Crippen LogP contribution in [0.1, 0.15) is 41.6 Å². The zero-order valence-corrected chi connectivity index (χ0v) is 16.7. The topological polar surface area (TPSA) is 32.8 Å². The van der Waals surface area contributed by atoms with E-state index in [9.17, 15) is 4.79 Å². The average Bonchev–Trinajstić information content (AvgIpc) is 2.75. The summed E-state index contributed by atoms with van der Waals surface area (Å²) in [5.41, 5.74) is 4.41. The molecular weight excluding hydrogens is 372 g/mol. The monoisotopic (exact) mass is 396 g/mol. The molecule has 2 aromatic carbocycles. The van der Waals surface area contributed by atoms with Crippen LogP contribution in [-0.2, 0) is 4.84 Å². The van der Waals surface area contributed by atoms with Crippen LogP contribution in [0.5, 0.6) is 0 Å². The summed E-state index contributed by atoms with van der Waals surface area (Å²) < 4.78 is 0. The van der Waals surface area contributed by atoms with Crippen LogP contribution in [0.15, 0.2) is 54.1 Å². The number of benzene rings is 2. The van der Waals surface area contributed by atoms with Crippen LogP contribution in [0.2, 0.25) is 5.02 Å². The summed E-state index contributed by atoms with van der Waals surface area (Å²) in [6, 6.07) is 15.7. The minimum atomic E-state index is 0.0848. The smallest absolute Gasteiger partial charge is 0.253 e. The number of halogens is 1. The molecule has 5 heteroatoms. The zero-order chi connectivity index (χ0) is 19.3. The Balaban J connectivity index is 1.34. The van der Waals surface area contributed by atoms with Crippen molar-refractivity contribution in [3.05, 3.63) is 70.3 Å². The van der Waals surface area contributed by atoms with Crippen molar-refractivity contribution in [2.45, 2.75) is 25.7 Å². The predicted octanol–water partition coefficient (Wildman–Crippen LogP) is 5.19. The lowest BCUT2D eigenvalue weighted by atomic mass is 10.00. The number of hydroxylamine groups is 1. The van der Waals surface area contributed by atoms with Crippen molar-refractivity contribution in [1.82, 2.24) is 4.90 Å². The van der Waals surface area contributed by atoms with Crippen molar-refractivity contribution in [1.29, 1.82) is 0 Å². The van der Waals surface area contributed by atoms with E-state index < -0.39 is 0 Å². The van der Waals surface area contributed by atoms with Crippen LogP contribution < -0.4 is 5.06 Å². The van der Waals surface area contributed by atoms with Gasteiger partial charge in [-0.1, -0.05) is 35.4 Å². The highest BCUT2D eigenvalue weighted by Crippen LogP contribution is 2.24. The fourth-order valence-electron chi connectivity index (χ4n) is 3.69. The van der Waals surface area contributed by atoms with Crippen LogP contribution in [0.3, 0.4) is 0 Å². The Morgan fingerprint density at radius 1 is 0.929 bits per heavy atom. The third-order valence-electron chi connectivity index (χ3n) is 5.34. The SMILES string of the molecule is O=C(c1ccc(Cl)cc1)N1CCC(=Cc2ccc(N3CCCCO3)cc2)CC1. The normalized spacial score (nSPS) is 17.5. The number of carbonyl (C=O) groups is 1. The molecule has 0 bridgehead atoms. The molecule has 146 valence electrons. The molecule has 0 saturated carbocycles. The molecule has 0 aromatic heterocycles. The van der Waals surface area contributed by atoms with Crippen molar-refractivity contribution in [2.24, 2.45) is 0 Å². The highest BCUT2D eigenvalue weighted by molar-refractivity contribution is 6.30. The maximum atomic E-state index is 12.6. The van der Waals surface area contributed by atoms with Gasteiger partial charge >= 0.3 is 0 Å². The molecule has 2 heterocycles. The maximum absolute atomic E-state index is 12.6. The number of carbonyl (C=O) groups excluding carboxylic acids is 1. The fourth-order valence-corrected chi connectivity index (χ4v) is 3.82. The number of piperidine rings is 1. The lowest BCUT2D eigenvalue weighted by Crippen LogP contribution is -2.36. The molecule has 2 fully saturated rings. The van der Waals surface area contributed by atoms with Crippen LogP contribution in [0.25, 0.3) is 6.08 Å². The highest BCUT2D eigenvalue weighted by atomic mass is 35.5. The first-order valence-electron chi connectivity index (χ1n) is 9.94. The van der Waals surface area contributed by atoms with Gasteiger partial charge in [-0.05, 0) is 67.6 Å². The third-order valence-corrected chi connectivity index (χ3v) is 5.59.